The molecule has 7 heteroatoms. The van der Waals surface area contributed by atoms with Crippen molar-refractivity contribution in [1.82, 2.24) is 10.2 Å². The highest BCUT2D eigenvalue weighted by Gasteiger charge is 2.21. The van der Waals surface area contributed by atoms with E-state index in [-0.39, 0.29) is 17.8 Å². The number of carbonyl (C=O) groups excluding carboxylic acids is 2. The van der Waals surface area contributed by atoms with Gasteiger partial charge in [-0.15, -0.1) is 0 Å². The number of rotatable bonds is 7. The molecule has 1 aliphatic heterocycles. The largest absolute Gasteiger partial charge is 0.368 e. The van der Waals surface area contributed by atoms with Crippen LogP contribution in [-0.2, 0) is 11.2 Å². The molecule has 0 aliphatic carbocycles. The zero-order valence-corrected chi connectivity index (χ0v) is 17.4. The van der Waals surface area contributed by atoms with Crippen molar-refractivity contribution in [1.29, 1.82) is 0 Å². The quantitative estimate of drug-likeness (QED) is 0.683. The fourth-order valence-corrected chi connectivity index (χ4v) is 3.41. The van der Waals surface area contributed by atoms with Gasteiger partial charge in [-0.3, -0.25) is 4.79 Å². The van der Waals surface area contributed by atoms with E-state index >= 15 is 0 Å². The normalized spacial score (nSPS) is 13.8. The van der Waals surface area contributed by atoms with Crippen LogP contribution in [-0.4, -0.2) is 49.6 Å². The van der Waals surface area contributed by atoms with Crippen molar-refractivity contribution >= 4 is 23.3 Å². The van der Waals surface area contributed by atoms with Crippen molar-refractivity contribution in [2.24, 2.45) is 0 Å². The van der Waals surface area contributed by atoms with E-state index in [2.05, 4.69) is 22.5 Å². The maximum atomic E-state index is 13.0. The molecule has 0 unspecified atom stereocenters. The van der Waals surface area contributed by atoms with E-state index < -0.39 is 0 Å². The number of piperazine rings is 1. The number of anilines is 2. The Morgan fingerprint density at radius 1 is 0.967 bits per heavy atom. The van der Waals surface area contributed by atoms with E-state index in [1.165, 1.54) is 12.1 Å². The predicted octanol–water partition coefficient (Wildman–Crippen LogP) is 3.64. The molecule has 2 aromatic rings. The summed E-state index contributed by atoms with van der Waals surface area (Å²) in [5.74, 6) is -0.229. The third-order valence-corrected chi connectivity index (χ3v) is 5.21. The Balaban J connectivity index is 1.45. The maximum absolute atomic E-state index is 13.0. The van der Waals surface area contributed by atoms with Gasteiger partial charge in [0, 0.05) is 44.1 Å². The van der Waals surface area contributed by atoms with Crippen molar-refractivity contribution in [3.8, 4) is 0 Å². The Kier molecular flexibility index (Phi) is 7.65. The van der Waals surface area contributed by atoms with Gasteiger partial charge in [0.05, 0.1) is 6.42 Å². The van der Waals surface area contributed by atoms with Gasteiger partial charge in [-0.1, -0.05) is 25.5 Å². The second-order valence-corrected chi connectivity index (χ2v) is 7.45. The second kappa shape index (κ2) is 10.6. The highest BCUT2D eigenvalue weighted by atomic mass is 19.1. The van der Waals surface area contributed by atoms with Crippen molar-refractivity contribution in [2.75, 3.05) is 42.9 Å². The van der Waals surface area contributed by atoms with Crippen LogP contribution in [0.15, 0.2) is 48.5 Å². The molecular formula is C23H29FN4O2. The van der Waals surface area contributed by atoms with Gasteiger partial charge in [-0.25, -0.2) is 9.18 Å². The predicted molar refractivity (Wildman–Crippen MR) is 117 cm³/mol. The molecule has 3 rings (SSSR count). The van der Waals surface area contributed by atoms with Crippen molar-refractivity contribution in [3.05, 3.63) is 59.9 Å². The van der Waals surface area contributed by atoms with E-state index in [1.807, 2.05) is 29.2 Å². The zero-order valence-electron chi connectivity index (χ0n) is 17.4. The van der Waals surface area contributed by atoms with Gasteiger partial charge in [-0.05, 0) is 48.4 Å². The van der Waals surface area contributed by atoms with Crippen molar-refractivity contribution < 1.29 is 14.0 Å². The first kappa shape index (κ1) is 21.6. The maximum Gasteiger partial charge on any atom is 0.319 e. The number of hydrogen-bond donors (Lipinski definition) is 2. The minimum atomic E-state index is -0.293. The zero-order chi connectivity index (χ0) is 21.3. The molecule has 0 atom stereocenters. The summed E-state index contributed by atoms with van der Waals surface area (Å²) in [6.45, 7) is 5.56. The van der Waals surface area contributed by atoms with Crippen molar-refractivity contribution in [3.63, 3.8) is 0 Å². The Bertz CT molecular complexity index is 831. The molecule has 0 saturated carbocycles. The summed E-state index contributed by atoms with van der Waals surface area (Å²) in [7, 11) is 0. The standard InChI is InChI=1S/C23H29FN4O2/c1-2-3-12-25-23(30)26-20-8-10-21(11-9-20)27-13-15-28(16-14-27)22(29)17-18-4-6-19(24)7-5-18/h4-11H,2-3,12-17H2,1H3,(H2,25,26,30). The SMILES string of the molecule is CCCCNC(=O)Nc1ccc(N2CCN(C(=O)Cc3ccc(F)cc3)CC2)cc1. The van der Waals surface area contributed by atoms with Crippen LogP contribution in [0.5, 0.6) is 0 Å². The molecule has 3 amide bonds. The number of nitrogens with one attached hydrogen (secondary N) is 2. The molecule has 160 valence electrons. The topological polar surface area (TPSA) is 64.7 Å². The molecule has 1 fully saturated rings. The minimum Gasteiger partial charge on any atom is -0.368 e. The summed E-state index contributed by atoms with van der Waals surface area (Å²) in [6.07, 6.45) is 2.30. The third kappa shape index (κ3) is 6.20. The van der Waals surface area contributed by atoms with E-state index in [0.29, 0.717) is 26.1 Å². The molecule has 0 bridgehead atoms. The lowest BCUT2D eigenvalue weighted by atomic mass is 10.1. The summed E-state index contributed by atoms with van der Waals surface area (Å²) in [6, 6.07) is 13.6. The first-order chi connectivity index (χ1) is 14.5. The number of nitrogens with zero attached hydrogens (tertiary/aromatic N) is 2. The summed E-state index contributed by atoms with van der Waals surface area (Å²) in [5, 5.41) is 5.66. The number of hydrogen-bond acceptors (Lipinski definition) is 3. The fourth-order valence-electron chi connectivity index (χ4n) is 3.41. The molecule has 0 spiro atoms. The van der Waals surface area contributed by atoms with Crippen LogP contribution in [0, 0.1) is 5.82 Å². The van der Waals surface area contributed by atoms with E-state index in [9.17, 15) is 14.0 Å². The second-order valence-electron chi connectivity index (χ2n) is 7.45. The summed E-state index contributed by atoms with van der Waals surface area (Å²) < 4.78 is 13.0. The lowest BCUT2D eigenvalue weighted by molar-refractivity contribution is -0.130. The summed E-state index contributed by atoms with van der Waals surface area (Å²) in [5.41, 5.74) is 2.64. The van der Waals surface area contributed by atoms with Gasteiger partial charge < -0.3 is 20.4 Å². The van der Waals surface area contributed by atoms with Gasteiger partial charge in [0.2, 0.25) is 5.91 Å². The van der Waals surface area contributed by atoms with Gasteiger partial charge in [0.1, 0.15) is 5.82 Å². The Labute approximate surface area is 177 Å². The minimum absolute atomic E-state index is 0.0647. The fraction of sp³-hybridized carbons (Fsp3) is 0.391. The van der Waals surface area contributed by atoms with Crippen LogP contribution in [0.4, 0.5) is 20.6 Å². The molecule has 30 heavy (non-hydrogen) atoms. The lowest BCUT2D eigenvalue weighted by Crippen LogP contribution is -2.49. The molecule has 0 radical (unpaired) electrons. The Hall–Kier alpha value is -3.09. The average molecular weight is 413 g/mol. The monoisotopic (exact) mass is 412 g/mol. The first-order valence-electron chi connectivity index (χ1n) is 10.5. The van der Waals surface area contributed by atoms with E-state index in [1.54, 1.807) is 12.1 Å². The van der Waals surface area contributed by atoms with E-state index in [4.69, 9.17) is 0 Å². The Morgan fingerprint density at radius 2 is 1.63 bits per heavy atom. The van der Waals surface area contributed by atoms with Gasteiger partial charge in [0.15, 0.2) is 0 Å². The molecule has 2 N–H and O–H groups in total. The Morgan fingerprint density at radius 3 is 2.27 bits per heavy atom. The van der Waals surface area contributed by atoms with Crippen LogP contribution in [0.25, 0.3) is 0 Å². The molecule has 1 aliphatic rings. The summed E-state index contributed by atoms with van der Waals surface area (Å²) in [4.78, 5) is 28.4. The van der Waals surface area contributed by atoms with Crippen molar-refractivity contribution in [2.45, 2.75) is 26.2 Å². The van der Waals surface area contributed by atoms with Crippen LogP contribution in [0.3, 0.4) is 0 Å². The van der Waals surface area contributed by atoms with Gasteiger partial charge in [0.25, 0.3) is 0 Å². The molecule has 0 aromatic heterocycles. The number of benzene rings is 2. The van der Waals surface area contributed by atoms with Crippen LogP contribution < -0.4 is 15.5 Å². The van der Waals surface area contributed by atoms with Gasteiger partial charge >= 0.3 is 6.03 Å². The molecule has 1 heterocycles. The summed E-state index contributed by atoms with van der Waals surface area (Å²) >= 11 is 0. The molecule has 2 aromatic carbocycles. The van der Waals surface area contributed by atoms with Crippen LogP contribution >= 0.6 is 0 Å². The number of amides is 3. The molecule has 6 nitrogen and oxygen atoms in total. The average Bonchev–Trinajstić information content (AvgIpc) is 2.76. The number of halogens is 1. The number of urea groups is 1. The molecule has 1 saturated heterocycles. The van der Waals surface area contributed by atoms with Crippen LogP contribution in [0.2, 0.25) is 0 Å². The first-order valence-corrected chi connectivity index (χ1v) is 10.5. The highest BCUT2D eigenvalue weighted by Crippen LogP contribution is 2.20. The lowest BCUT2D eigenvalue weighted by Gasteiger charge is -2.36. The molecular weight excluding hydrogens is 383 g/mol. The highest BCUT2D eigenvalue weighted by molar-refractivity contribution is 5.89. The third-order valence-electron chi connectivity index (χ3n) is 5.21. The van der Waals surface area contributed by atoms with Crippen LogP contribution in [0.1, 0.15) is 25.3 Å². The number of carbonyl (C=O) groups is 2. The number of unbranched alkanes of at least 4 members (excludes halogenated alkanes) is 1. The smallest absolute Gasteiger partial charge is 0.319 e. The van der Waals surface area contributed by atoms with Gasteiger partial charge in [-0.2, -0.15) is 0 Å². The van der Waals surface area contributed by atoms with E-state index in [0.717, 1.165) is 42.9 Å².